The maximum Gasteiger partial charge on any atom is 0.237 e. The molecule has 80 valence electrons. The van der Waals surface area contributed by atoms with Crippen molar-refractivity contribution in [2.45, 2.75) is 6.92 Å². The number of nitro groups is 1. The van der Waals surface area contributed by atoms with E-state index in [2.05, 4.69) is 0 Å². The number of rotatable bonds is 3. The number of phenolic OH excluding ortho intramolecular Hbond substituents is 1. The largest absolute Gasteiger partial charge is 0.504 e. The third-order valence-electron chi connectivity index (χ3n) is 1.93. The molecule has 1 N–H and O–H groups in total. The van der Waals surface area contributed by atoms with E-state index in [1.54, 1.807) is 19.1 Å². The summed E-state index contributed by atoms with van der Waals surface area (Å²) in [6.45, 7) is 1.62. The molecular formula is C10H11NO4. The van der Waals surface area contributed by atoms with Gasteiger partial charge in [0.1, 0.15) is 0 Å². The molecule has 1 rings (SSSR count). The Bertz CT molecular complexity index is 412. The fourth-order valence-electron chi connectivity index (χ4n) is 1.16. The summed E-state index contributed by atoms with van der Waals surface area (Å²) in [6, 6.07) is 4.57. The predicted molar refractivity (Wildman–Crippen MR) is 55.3 cm³/mol. The molecule has 0 bridgehead atoms. The molecule has 0 heterocycles. The van der Waals surface area contributed by atoms with Crippen molar-refractivity contribution in [1.82, 2.24) is 0 Å². The van der Waals surface area contributed by atoms with Crippen molar-refractivity contribution in [3.8, 4) is 11.5 Å². The molecular weight excluding hydrogens is 198 g/mol. The molecule has 0 unspecified atom stereocenters. The summed E-state index contributed by atoms with van der Waals surface area (Å²) in [5.74, 6) is 0.304. The zero-order valence-electron chi connectivity index (χ0n) is 8.43. The SMILES string of the molecule is COc1cc(C(C)=C[N+](=O)[O-])ccc1O. The molecule has 0 atom stereocenters. The maximum absolute atomic E-state index is 10.3. The van der Waals surface area contributed by atoms with Crippen molar-refractivity contribution in [3.05, 3.63) is 40.1 Å². The third-order valence-corrected chi connectivity index (χ3v) is 1.93. The molecule has 0 radical (unpaired) electrons. The van der Waals surface area contributed by atoms with Crippen molar-refractivity contribution >= 4 is 5.57 Å². The zero-order chi connectivity index (χ0) is 11.4. The first-order chi connectivity index (χ1) is 7.04. The summed E-state index contributed by atoms with van der Waals surface area (Å²) >= 11 is 0. The Balaban J connectivity index is 3.11. The van der Waals surface area contributed by atoms with E-state index in [9.17, 15) is 15.2 Å². The molecule has 0 spiro atoms. The number of methoxy groups -OCH3 is 1. The number of benzene rings is 1. The molecule has 1 aromatic carbocycles. The molecule has 0 saturated carbocycles. The summed E-state index contributed by atoms with van der Waals surface area (Å²) in [6.07, 6.45) is 0.909. The van der Waals surface area contributed by atoms with Crippen molar-refractivity contribution < 1.29 is 14.8 Å². The highest BCUT2D eigenvalue weighted by Crippen LogP contribution is 2.28. The first-order valence-electron chi connectivity index (χ1n) is 4.24. The van der Waals surface area contributed by atoms with Crippen LogP contribution < -0.4 is 4.74 Å². The van der Waals surface area contributed by atoms with E-state index in [-0.39, 0.29) is 5.75 Å². The van der Waals surface area contributed by atoms with Crippen molar-refractivity contribution in [1.29, 1.82) is 0 Å². The second-order valence-corrected chi connectivity index (χ2v) is 2.98. The van der Waals surface area contributed by atoms with Gasteiger partial charge in [0.2, 0.25) is 6.20 Å². The second-order valence-electron chi connectivity index (χ2n) is 2.98. The third kappa shape index (κ3) is 2.70. The van der Waals surface area contributed by atoms with Crippen LogP contribution in [0, 0.1) is 10.1 Å². The highest BCUT2D eigenvalue weighted by molar-refractivity contribution is 5.65. The van der Waals surface area contributed by atoms with Gasteiger partial charge in [0.15, 0.2) is 11.5 Å². The van der Waals surface area contributed by atoms with Gasteiger partial charge < -0.3 is 9.84 Å². The average Bonchev–Trinajstić information content (AvgIpc) is 2.17. The quantitative estimate of drug-likeness (QED) is 0.610. The molecule has 0 aliphatic rings. The van der Waals surface area contributed by atoms with Gasteiger partial charge in [-0.3, -0.25) is 10.1 Å². The lowest BCUT2D eigenvalue weighted by Crippen LogP contribution is -1.90. The van der Waals surface area contributed by atoms with Gasteiger partial charge in [0, 0.05) is 5.57 Å². The molecule has 0 aliphatic heterocycles. The summed E-state index contributed by atoms with van der Waals surface area (Å²) in [5, 5.41) is 19.6. The molecule has 0 aliphatic carbocycles. The van der Waals surface area contributed by atoms with E-state index in [4.69, 9.17) is 4.74 Å². The number of phenols is 1. The van der Waals surface area contributed by atoms with Gasteiger partial charge in [-0.2, -0.15) is 0 Å². The lowest BCUT2D eigenvalue weighted by molar-refractivity contribution is -0.401. The molecule has 0 fully saturated rings. The fraction of sp³-hybridized carbons (Fsp3) is 0.200. The number of aromatic hydroxyl groups is 1. The average molecular weight is 209 g/mol. The van der Waals surface area contributed by atoms with Crippen LogP contribution in [-0.2, 0) is 0 Å². The summed E-state index contributed by atoms with van der Waals surface area (Å²) < 4.78 is 4.89. The molecule has 0 saturated heterocycles. The van der Waals surface area contributed by atoms with Crippen LogP contribution in [-0.4, -0.2) is 17.1 Å². The van der Waals surface area contributed by atoms with E-state index in [0.717, 1.165) is 6.20 Å². The van der Waals surface area contributed by atoms with E-state index < -0.39 is 4.92 Å². The highest BCUT2D eigenvalue weighted by Gasteiger charge is 2.05. The Morgan fingerprint density at radius 2 is 2.27 bits per heavy atom. The van der Waals surface area contributed by atoms with E-state index in [0.29, 0.717) is 16.9 Å². The van der Waals surface area contributed by atoms with Gasteiger partial charge in [-0.15, -0.1) is 0 Å². The number of ether oxygens (including phenoxy) is 1. The van der Waals surface area contributed by atoms with E-state index in [1.165, 1.54) is 13.2 Å². The standard InChI is InChI=1S/C10H11NO4/c1-7(6-11(13)14)8-3-4-9(12)10(5-8)15-2/h3-6,12H,1-2H3. The van der Waals surface area contributed by atoms with E-state index in [1.807, 2.05) is 0 Å². The van der Waals surface area contributed by atoms with Gasteiger partial charge in [-0.1, -0.05) is 6.07 Å². The van der Waals surface area contributed by atoms with Gasteiger partial charge in [0.05, 0.1) is 12.0 Å². The number of hydrogen-bond donors (Lipinski definition) is 1. The molecule has 5 nitrogen and oxygen atoms in total. The van der Waals surface area contributed by atoms with Crippen LogP contribution in [0.2, 0.25) is 0 Å². The smallest absolute Gasteiger partial charge is 0.237 e. The molecule has 5 heteroatoms. The summed E-state index contributed by atoms with van der Waals surface area (Å²) in [5.41, 5.74) is 1.14. The monoisotopic (exact) mass is 209 g/mol. The predicted octanol–water partition coefficient (Wildman–Crippen LogP) is 2.04. The van der Waals surface area contributed by atoms with Crippen molar-refractivity contribution in [2.24, 2.45) is 0 Å². The normalized spacial score (nSPS) is 11.2. The lowest BCUT2D eigenvalue weighted by Gasteiger charge is -2.05. The number of allylic oxidation sites excluding steroid dienone is 1. The molecule has 1 aromatic rings. The Hall–Kier alpha value is -2.04. The van der Waals surface area contributed by atoms with Crippen LogP contribution in [0.3, 0.4) is 0 Å². The molecule has 15 heavy (non-hydrogen) atoms. The Kier molecular flexibility index (Phi) is 3.28. The maximum atomic E-state index is 10.3. The van der Waals surface area contributed by atoms with Crippen molar-refractivity contribution in [2.75, 3.05) is 7.11 Å². The van der Waals surface area contributed by atoms with E-state index >= 15 is 0 Å². The topological polar surface area (TPSA) is 72.6 Å². The molecule has 0 aromatic heterocycles. The van der Waals surface area contributed by atoms with Crippen LogP contribution in [0.1, 0.15) is 12.5 Å². The Morgan fingerprint density at radius 1 is 1.60 bits per heavy atom. The minimum absolute atomic E-state index is 0.00940. The molecule has 0 amide bonds. The van der Waals surface area contributed by atoms with Crippen LogP contribution in [0.15, 0.2) is 24.4 Å². The first kappa shape index (κ1) is 11.0. The van der Waals surface area contributed by atoms with Gasteiger partial charge in [-0.25, -0.2) is 0 Å². The minimum Gasteiger partial charge on any atom is -0.504 e. The van der Waals surface area contributed by atoms with Gasteiger partial charge in [0.25, 0.3) is 0 Å². The second kappa shape index (κ2) is 4.45. The lowest BCUT2D eigenvalue weighted by atomic mass is 10.1. The Labute approximate surface area is 86.8 Å². The van der Waals surface area contributed by atoms with Crippen LogP contribution >= 0.6 is 0 Å². The zero-order valence-corrected chi connectivity index (χ0v) is 8.43. The highest BCUT2D eigenvalue weighted by atomic mass is 16.6. The minimum atomic E-state index is -0.519. The summed E-state index contributed by atoms with van der Waals surface area (Å²) in [7, 11) is 1.42. The number of nitrogens with zero attached hydrogens (tertiary/aromatic N) is 1. The van der Waals surface area contributed by atoms with Gasteiger partial charge >= 0.3 is 0 Å². The summed E-state index contributed by atoms with van der Waals surface area (Å²) in [4.78, 5) is 9.73. The van der Waals surface area contributed by atoms with Gasteiger partial charge in [-0.05, 0) is 24.6 Å². The van der Waals surface area contributed by atoms with Crippen LogP contribution in [0.4, 0.5) is 0 Å². The first-order valence-corrected chi connectivity index (χ1v) is 4.24. The Morgan fingerprint density at radius 3 is 2.80 bits per heavy atom. The van der Waals surface area contributed by atoms with Crippen LogP contribution in [0.5, 0.6) is 11.5 Å². The van der Waals surface area contributed by atoms with Crippen LogP contribution in [0.25, 0.3) is 5.57 Å². The fourth-order valence-corrected chi connectivity index (χ4v) is 1.16. The van der Waals surface area contributed by atoms with Crippen molar-refractivity contribution in [3.63, 3.8) is 0 Å². The number of hydrogen-bond acceptors (Lipinski definition) is 4.